The molecule has 0 aromatic carbocycles. The average Bonchev–Trinajstić information content (AvgIpc) is 1.50. The minimum atomic E-state index is 0. The molecule has 0 spiro atoms. The van der Waals surface area contributed by atoms with Crippen molar-refractivity contribution >= 4 is 0 Å². The zero-order chi connectivity index (χ0) is 4.00. The molecule has 0 fully saturated rings. The maximum atomic E-state index is 6.75. The Balaban J connectivity index is -0.0000000133. The summed E-state index contributed by atoms with van der Waals surface area (Å²) in [7, 11) is 5.00. The molecule has 0 rings (SSSR count). The first-order valence-electron chi connectivity index (χ1n) is 0.724. The molecule has 3 N–H and O–H groups in total. The van der Waals surface area contributed by atoms with Crippen molar-refractivity contribution in [1.82, 2.24) is 0 Å². The van der Waals surface area contributed by atoms with Gasteiger partial charge in [-0.15, -0.1) is 0 Å². The summed E-state index contributed by atoms with van der Waals surface area (Å²) >= 11 is 0. The average molecular weight is 245 g/mol. The van der Waals surface area contributed by atoms with Crippen LogP contribution in [0, 0.1) is 14.2 Å². The van der Waals surface area contributed by atoms with E-state index in [1.165, 1.54) is 0 Å². The maximum absolute atomic E-state index is 6.75. The summed E-state index contributed by atoms with van der Waals surface area (Å²) in [4.78, 5) is 0. The number of nitrogens with two attached hydrogens (primary N) is 1. The van der Waals surface area contributed by atoms with Crippen molar-refractivity contribution in [2.75, 3.05) is 0 Å². The Morgan fingerprint density at radius 3 is 1.20 bits per heavy atom. The molecule has 3 heteroatoms. The molecule has 0 amide bonds. The van der Waals surface area contributed by atoms with E-state index >= 15 is 0 Å². The normalized spacial score (nSPS) is 2.40. The number of hydrogen-bond donors (Lipinski definition) is 2. The van der Waals surface area contributed by atoms with Gasteiger partial charge in [-0.05, 0) is 0 Å². The van der Waals surface area contributed by atoms with E-state index in [4.69, 9.17) is 5.11 Å². The molecule has 5 heavy (non-hydrogen) atoms. The molecule has 0 bridgehead atoms. The van der Waals surface area contributed by atoms with Crippen molar-refractivity contribution in [3.8, 4) is 0 Å². The van der Waals surface area contributed by atoms with Crippen LogP contribution in [0.4, 0.5) is 0 Å². The molecule has 32 valence electrons. The molecular formula is C2H7NOW. The molecule has 0 saturated heterocycles. The smallest absolute Gasteiger partial charge is 0.569 e. The summed E-state index contributed by atoms with van der Waals surface area (Å²) in [6.07, 6.45) is 0. The first-order chi connectivity index (χ1) is 2.00. The zero-order valence-electron chi connectivity index (χ0n) is 2.85. The van der Waals surface area contributed by atoms with Crippen molar-refractivity contribution in [3.05, 3.63) is 14.2 Å². The first-order valence-corrected chi connectivity index (χ1v) is 0.724. The van der Waals surface area contributed by atoms with E-state index in [2.05, 4.69) is 19.9 Å². The van der Waals surface area contributed by atoms with Gasteiger partial charge in [-0.25, -0.2) is 7.11 Å². The molecule has 0 unspecified atom stereocenters. The van der Waals surface area contributed by atoms with E-state index < -0.39 is 0 Å². The Hall–Kier alpha value is 0.608. The van der Waals surface area contributed by atoms with Crippen molar-refractivity contribution < 1.29 is 26.2 Å². The van der Waals surface area contributed by atoms with Gasteiger partial charge in [0, 0.05) is 0 Å². The SMILES string of the molecule is [CH2-]N.[CH2-]O.[W+2]. The van der Waals surface area contributed by atoms with Crippen LogP contribution in [0.2, 0.25) is 0 Å². The van der Waals surface area contributed by atoms with Crippen LogP contribution in [-0.2, 0) is 21.1 Å². The molecule has 0 aromatic rings. The van der Waals surface area contributed by atoms with Crippen LogP contribution in [0.3, 0.4) is 0 Å². The second kappa shape index (κ2) is 162. The van der Waals surface area contributed by atoms with Crippen molar-refractivity contribution in [2.45, 2.75) is 0 Å². The molecule has 0 saturated carbocycles. The molecule has 0 atom stereocenters. The minimum absolute atomic E-state index is 0. The van der Waals surface area contributed by atoms with Gasteiger partial charge in [0.15, 0.2) is 0 Å². The van der Waals surface area contributed by atoms with Crippen LogP contribution in [0.5, 0.6) is 0 Å². The Labute approximate surface area is 46.6 Å². The maximum Gasteiger partial charge on any atom is 2.00 e. The van der Waals surface area contributed by atoms with Gasteiger partial charge in [0.1, 0.15) is 0 Å². The number of aliphatic hydroxyl groups is 1. The van der Waals surface area contributed by atoms with Crippen LogP contribution in [0.1, 0.15) is 0 Å². The Morgan fingerprint density at radius 2 is 1.20 bits per heavy atom. The predicted octanol–water partition coefficient (Wildman–Crippen LogP) is -0.115. The van der Waals surface area contributed by atoms with Gasteiger partial charge < -0.3 is 10.8 Å². The van der Waals surface area contributed by atoms with Gasteiger partial charge in [0.2, 0.25) is 0 Å². The van der Waals surface area contributed by atoms with E-state index in [9.17, 15) is 0 Å². The zero-order valence-corrected chi connectivity index (χ0v) is 5.78. The summed E-state index contributed by atoms with van der Waals surface area (Å²) in [5, 5.41) is 6.75. The minimum Gasteiger partial charge on any atom is -0.569 e. The molecule has 2 nitrogen and oxygen atoms in total. The number of aliphatic hydroxyl groups excluding tert-OH is 1. The second-order valence-corrected chi connectivity index (χ2v) is 0. The van der Waals surface area contributed by atoms with E-state index in [0.29, 0.717) is 0 Å². The summed E-state index contributed by atoms with van der Waals surface area (Å²) in [5.41, 5.74) is 4.25. The summed E-state index contributed by atoms with van der Waals surface area (Å²) < 4.78 is 0. The fourth-order valence-electron chi connectivity index (χ4n) is 0. The molecule has 0 heterocycles. The molecular weight excluding hydrogens is 238 g/mol. The van der Waals surface area contributed by atoms with Gasteiger partial charge in [0.25, 0.3) is 0 Å². The van der Waals surface area contributed by atoms with Crippen LogP contribution in [0.25, 0.3) is 0 Å². The molecule has 0 aliphatic heterocycles. The van der Waals surface area contributed by atoms with Gasteiger partial charge in [0.05, 0.1) is 0 Å². The molecule has 0 aliphatic rings. The van der Waals surface area contributed by atoms with Crippen LogP contribution in [0.15, 0.2) is 0 Å². The van der Waals surface area contributed by atoms with E-state index in [1.54, 1.807) is 0 Å². The van der Waals surface area contributed by atoms with Crippen molar-refractivity contribution in [2.24, 2.45) is 5.73 Å². The second-order valence-electron chi connectivity index (χ2n) is 0. The third-order valence-corrected chi connectivity index (χ3v) is 0. The van der Waals surface area contributed by atoms with Crippen molar-refractivity contribution in [3.63, 3.8) is 0 Å². The summed E-state index contributed by atoms with van der Waals surface area (Å²) in [6.45, 7) is 0. The quantitative estimate of drug-likeness (QED) is 0.584. The van der Waals surface area contributed by atoms with E-state index in [1.807, 2.05) is 0 Å². The van der Waals surface area contributed by atoms with Crippen LogP contribution < -0.4 is 5.73 Å². The van der Waals surface area contributed by atoms with Gasteiger partial charge in [-0.2, -0.15) is 0 Å². The van der Waals surface area contributed by atoms with Gasteiger partial charge >= 0.3 is 21.1 Å². The van der Waals surface area contributed by atoms with E-state index in [-0.39, 0.29) is 21.1 Å². The Morgan fingerprint density at radius 1 is 1.20 bits per heavy atom. The Bertz CT molecular complexity index is 9.61. The third-order valence-electron chi connectivity index (χ3n) is 0. The fourth-order valence-corrected chi connectivity index (χ4v) is 0. The fraction of sp³-hybridized carbons (Fsp3) is 0. The van der Waals surface area contributed by atoms with Crippen LogP contribution >= 0.6 is 0 Å². The predicted molar refractivity (Wildman–Crippen MR) is 16.8 cm³/mol. The van der Waals surface area contributed by atoms with Gasteiger partial charge in [-0.3, -0.25) is 7.05 Å². The summed E-state index contributed by atoms with van der Waals surface area (Å²) in [5.74, 6) is 0. The Kier molecular flexibility index (Phi) is 568. The van der Waals surface area contributed by atoms with Crippen LogP contribution in [-0.4, -0.2) is 5.11 Å². The molecule has 0 aliphatic carbocycles. The van der Waals surface area contributed by atoms with Gasteiger partial charge in [-0.1, -0.05) is 0 Å². The van der Waals surface area contributed by atoms with E-state index in [0.717, 1.165) is 0 Å². The monoisotopic (exact) mass is 245 g/mol. The largest absolute Gasteiger partial charge is 2.00 e. The standard InChI is InChI=1S/CH4N.CH3O.W/c2*1-2;/h1-2H2;2H,1H2;/q2*-1;+2. The van der Waals surface area contributed by atoms with Crippen molar-refractivity contribution in [1.29, 1.82) is 0 Å². The summed E-state index contributed by atoms with van der Waals surface area (Å²) in [6, 6.07) is 0. The topological polar surface area (TPSA) is 46.2 Å². The molecule has 0 radical (unpaired) electrons. The molecule has 0 aromatic heterocycles. The number of rotatable bonds is 0. The third kappa shape index (κ3) is 84.7. The number of hydrogen-bond acceptors (Lipinski definition) is 2. The first kappa shape index (κ1) is 17.5.